The van der Waals surface area contributed by atoms with Gasteiger partial charge in [-0.1, -0.05) is 20.3 Å². The average Bonchev–Trinajstić information content (AvgIpc) is 2.76. The van der Waals surface area contributed by atoms with E-state index in [0.717, 1.165) is 35.5 Å². The molecule has 0 amide bonds. The molecular weight excluding hydrogens is 220 g/mol. The lowest BCUT2D eigenvalue weighted by Crippen LogP contribution is -2.68. The first-order chi connectivity index (χ1) is 8.43. The van der Waals surface area contributed by atoms with E-state index in [4.69, 9.17) is 10.2 Å². The maximum atomic E-state index is 4.80. The predicted octanol–water partition coefficient (Wildman–Crippen LogP) is 3.92. The lowest BCUT2D eigenvalue weighted by atomic mass is 9.36. The molecule has 2 nitrogen and oxygen atoms in total. The van der Waals surface area contributed by atoms with E-state index in [1.807, 2.05) is 0 Å². The molecule has 0 aromatic heterocycles. The van der Waals surface area contributed by atoms with E-state index in [2.05, 4.69) is 27.7 Å². The maximum Gasteiger partial charge on any atom is 0.0897 e. The van der Waals surface area contributed by atoms with Crippen molar-refractivity contribution in [2.75, 3.05) is 0 Å². The Kier molecular flexibility index (Phi) is 1.42. The third-order valence-electron chi connectivity index (χ3n) is 8.57. The first-order valence-electron chi connectivity index (χ1n) is 7.87. The van der Waals surface area contributed by atoms with Crippen LogP contribution in [-0.4, -0.2) is 11.1 Å². The summed E-state index contributed by atoms with van der Waals surface area (Å²) in [5.41, 5.74) is 0.545. The predicted molar refractivity (Wildman–Crippen MR) is 70.2 cm³/mol. The van der Waals surface area contributed by atoms with Gasteiger partial charge in [0.2, 0.25) is 0 Å². The van der Waals surface area contributed by atoms with Crippen molar-refractivity contribution in [3.8, 4) is 0 Å². The molecule has 1 aliphatic heterocycles. The van der Waals surface area contributed by atoms with E-state index >= 15 is 0 Å². The van der Waals surface area contributed by atoms with Crippen LogP contribution in [0.5, 0.6) is 0 Å². The SMILES string of the molecule is CC12N=N[C@](C)([C@H]3C1C1C4CCC[C@H]4[C@@H]13)C2(C)C. The summed E-state index contributed by atoms with van der Waals surface area (Å²) in [7, 11) is 0. The minimum absolute atomic E-state index is 0.140. The summed E-state index contributed by atoms with van der Waals surface area (Å²) in [6, 6.07) is 0. The summed E-state index contributed by atoms with van der Waals surface area (Å²) in [6.45, 7) is 9.68. The molecule has 98 valence electrons. The molecule has 0 saturated heterocycles. The van der Waals surface area contributed by atoms with E-state index in [9.17, 15) is 0 Å². The van der Waals surface area contributed by atoms with Crippen molar-refractivity contribution in [2.45, 2.75) is 58.0 Å². The van der Waals surface area contributed by atoms with Gasteiger partial charge in [-0.05, 0) is 62.2 Å². The molecule has 4 fully saturated rings. The van der Waals surface area contributed by atoms with Crippen molar-refractivity contribution in [3.63, 3.8) is 0 Å². The molecule has 4 unspecified atom stereocenters. The highest BCUT2D eigenvalue weighted by Gasteiger charge is 2.85. The molecule has 5 rings (SSSR count). The molecule has 18 heavy (non-hydrogen) atoms. The smallest absolute Gasteiger partial charge is 0.0897 e. The standard InChI is InChI=1S/C16H24N2/c1-14(2)15(3)12-10-8-6-5-7-9(8)11(10)13(12)16(14,4)18-17-15/h8-13H,5-7H2,1-4H3/t8-,9?,10+,11?,12-,13?,15-,16?/m1/s1. The van der Waals surface area contributed by atoms with Crippen LogP contribution in [-0.2, 0) is 0 Å². The molecule has 0 aromatic carbocycles. The first-order valence-corrected chi connectivity index (χ1v) is 7.87. The molecule has 4 aliphatic carbocycles. The molecular formula is C16H24N2. The van der Waals surface area contributed by atoms with Gasteiger partial charge in [0, 0.05) is 5.41 Å². The van der Waals surface area contributed by atoms with Gasteiger partial charge in [0.05, 0.1) is 11.1 Å². The Balaban J connectivity index is 1.65. The molecule has 5 aliphatic rings. The number of hydrogen-bond acceptors (Lipinski definition) is 2. The molecule has 4 saturated carbocycles. The molecule has 2 heteroatoms. The summed E-state index contributed by atoms with van der Waals surface area (Å²) in [5.74, 6) is 5.91. The number of rotatable bonds is 0. The van der Waals surface area contributed by atoms with Gasteiger partial charge in [-0.15, -0.1) is 0 Å². The van der Waals surface area contributed by atoms with E-state index in [-0.39, 0.29) is 16.5 Å². The van der Waals surface area contributed by atoms with E-state index in [1.165, 1.54) is 19.3 Å². The molecule has 2 bridgehead atoms. The second kappa shape index (κ2) is 2.45. The Morgan fingerprint density at radius 2 is 1.22 bits per heavy atom. The average molecular weight is 244 g/mol. The Morgan fingerprint density at radius 3 is 1.67 bits per heavy atom. The largest absolute Gasteiger partial charge is 0.186 e. The summed E-state index contributed by atoms with van der Waals surface area (Å²) in [4.78, 5) is 0. The van der Waals surface area contributed by atoms with Crippen molar-refractivity contribution in [3.05, 3.63) is 0 Å². The van der Waals surface area contributed by atoms with Crippen molar-refractivity contribution in [1.29, 1.82) is 0 Å². The topological polar surface area (TPSA) is 24.7 Å². The fourth-order valence-corrected chi connectivity index (χ4v) is 7.13. The quantitative estimate of drug-likeness (QED) is 0.617. The van der Waals surface area contributed by atoms with Crippen LogP contribution < -0.4 is 0 Å². The zero-order valence-electron chi connectivity index (χ0n) is 12.0. The molecule has 8 atom stereocenters. The van der Waals surface area contributed by atoms with Gasteiger partial charge in [-0.2, -0.15) is 10.2 Å². The molecule has 0 radical (unpaired) electrons. The summed E-state index contributed by atoms with van der Waals surface area (Å²) in [5, 5.41) is 9.60. The fraction of sp³-hybridized carbons (Fsp3) is 1.00. The van der Waals surface area contributed by atoms with Crippen LogP contribution >= 0.6 is 0 Å². The van der Waals surface area contributed by atoms with Crippen molar-refractivity contribution in [1.82, 2.24) is 0 Å². The Bertz CT molecular complexity index is 441. The van der Waals surface area contributed by atoms with Gasteiger partial charge in [-0.25, -0.2) is 0 Å². The van der Waals surface area contributed by atoms with Crippen LogP contribution in [0, 0.1) is 40.9 Å². The van der Waals surface area contributed by atoms with Gasteiger partial charge in [-0.3, -0.25) is 0 Å². The Morgan fingerprint density at radius 1 is 0.778 bits per heavy atom. The number of fused-ring (bicyclic) bond motifs is 11. The third kappa shape index (κ3) is 0.667. The normalized spacial score (nSPS) is 69.1. The zero-order chi connectivity index (χ0) is 12.5. The molecule has 0 spiro atoms. The second-order valence-electron chi connectivity index (χ2n) is 8.58. The summed E-state index contributed by atoms with van der Waals surface area (Å²) < 4.78 is 0. The van der Waals surface area contributed by atoms with Crippen LogP contribution in [0.3, 0.4) is 0 Å². The molecule has 1 heterocycles. The summed E-state index contributed by atoms with van der Waals surface area (Å²) in [6.07, 6.45) is 4.52. The lowest BCUT2D eigenvalue weighted by molar-refractivity contribution is -0.211. The van der Waals surface area contributed by atoms with Crippen molar-refractivity contribution >= 4 is 0 Å². The van der Waals surface area contributed by atoms with Crippen LogP contribution in [0.2, 0.25) is 0 Å². The van der Waals surface area contributed by atoms with Crippen LogP contribution in [0.15, 0.2) is 10.2 Å². The van der Waals surface area contributed by atoms with Gasteiger partial charge in [0.25, 0.3) is 0 Å². The van der Waals surface area contributed by atoms with Crippen LogP contribution in [0.25, 0.3) is 0 Å². The highest BCUT2D eigenvalue weighted by Crippen LogP contribution is 2.83. The monoisotopic (exact) mass is 244 g/mol. The third-order valence-corrected chi connectivity index (χ3v) is 8.57. The lowest BCUT2D eigenvalue weighted by Gasteiger charge is -2.69. The highest BCUT2D eigenvalue weighted by molar-refractivity contribution is 5.36. The Labute approximate surface area is 110 Å². The minimum Gasteiger partial charge on any atom is -0.186 e. The second-order valence-corrected chi connectivity index (χ2v) is 8.58. The van der Waals surface area contributed by atoms with E-state index < -0.39 is 0 Å². The minimum atomic E-state index is 0.140. The maximum absolute atomic E-state index is 4.80. The zero-order valence-corrected chi connectivity index (χ0v) is 12.0. The number of azo groups is 1. The van der Waals surface area contributed by atoms with Gasteiger partial charge in [0.15, 0.2) is 0 Å². The highest BCUT2D eigenvalue weighted by atomic mass is 15.3. The van der Waals surface area contributed by atoms with Crippen LogP contribution in [0.4, 0.5) is 0 Å². The molecule has 0 aromatic rings. The summed E-state index contributed by atoms with van der Waals surface area (Å²) >= 11 is 0. The fourth-order valence-electron chi connectivity index (χ4n) is 7.13. The van der Waals surface area contributed by atoms with Crippen LogP contribution in [0.1, 0.15) is 47.0 Å². The first kappa shape index (κ1) is 10.4. The van der Waals surface area contributed by atoms with Gasteiger partial charge < -0.3 is 0 Å². The number of hydrogen-bond donors (Lipinski definition) is 0. The van der Waals surface area contributed by atoms with Crippen molar-refractivity contribution < 1.29 is 0 Å². The van der Waals surface area contributed by atoms with E-state index in [0.29, 0.717) is 0 Å². The van der Waals surface area contributed by atoms with Gasteiger partial charge in [0.1, 0.15) is 0 Å². The molecule has 0 N–H and O–H groups in total. The van der Waals surface area contributed by atoms with Crippen molar-refractivity contribution in [2.24, 2.45) is 51.2 Å². The van der Waals surface area contributed by atoms with E-state index in [1.54, 1.807) is 0 Å². The van der Waals surface area contributed by atoms with Gasteiger partial charge >= 0.3 is 0 Å². The number of nitrogens with zero attached hydrogens (tertiary/aromatic N) is 2. The Hall–Kier alpha value is -0.400.